The third kappa shape index (κ3) is 9.87. The van der Waals surface area contributed by atoms with Gasteiger partial charge in [-0.2, -0.15) is 0 Å². The quantitative estimate of drug-likeness (QED) is 0.170. The van der Waals surface area contributed by atoms with Crippen molar-refractivity contribution >= 4 is 22.4 Å². The van der Waals surface area contributed by atoms with Gasteiger partial charge < -0.3 is 51.5 Å². The van der Waals surface area contributed by atoms with Gasteiger partial charge in [-0.05, 0) is 98.3 Å². The number of ether oxygens (including phenoxy) is 9. The highest BCUT2D eigenvalue weighted by Gasteiger charge is 2.69. The molecule has 0 aromatic carbocycles. The summed E-state index contributed by atoms with van der Waals surface area (Å²) < 4.78 is 76.0. The molecule has 66 heavy (non-hydrogen) atoms. The van der Waals surface area contributed by atoms with Crippen LogP contribution in [-0.2, 0) is 56.3 Å². The molecule has 0 N–H and O–H groups in total. The summed E-state index contributed by atoms with van der Waals surface area (Å²) >= 11 is 0. The number of carbonyl (C=O) groups excluding carboxylic acids is 1. The molecule has 0 aromatic heterocycles. The Bertz CT molecular complexity index is 1790. The SMILES string of the molecule is C=C1C[C@@H]2CC[C@@]34CC5O[C@H]6[C@@H](O3)[C@H]3O[C@H](CC[C@@H]3O[C@H]6[C@H]5O4)CC(=O)CC3[C@@H](OC)C(C[C@@H](CO[Si](C)(C)C(C)(C)C)O[Si](C)(C)C(C)(C)C)O[C@H]3CC3O[C@@H](CCC1O2)C[C@@H](C)C3=C. The van der Waals surface area contributed by atoms with Gasteiger partial charge in [0.15, 0.2) is 22.4 Å². The van der Waals surface area contributed by atoms with Crippen LogP contribution in [-0.4, -0.2) is 140 Å². The minimum atomic E-state index is -2.22. The normalized spacial score (nSPS) is 44.9. The van der Waals surface area contributed by atoms with E-state index in [4.69, 9.17) is 51.5 Å². The zero-order chi connectivity index (χ0) is 47.3. The lowest BCUT2D eigenvalue weighted by Crippen LogP contribution is -2.61. The van der Waals surface area contributed by atoms with Gasteiger partial charge in [-0.3, -0.25) is 4.79 Å². The number of methoxy groups -OCH3 is 1. The fourth-order valence-electron chi connectivity index (χ4n) is 12.4. The number of fused-ring (bicyclic) bond motifs is 6. The van der Waals surface area contributed by atoms with E-state index in [0.717, 1.165) is 56.1 Å². The van der Waals surface area contributed by atoms with Crippen molar-refractivity contribution in [1.82, 2.24) is 0 Å². The first-order valence-electron chi connectivity index (χ1n) is 25.9. The summed E-state index contributed by atoms with van der Waals surface area (Å²) in [6.45, 7) is 34.8. The average molecular weight is 959 g/mol. The van der Waals surface area contributed by atoms with E-state index in [2.05, 4.69) is 87.8 Å². The van der Waals surface area contributed by atoms with Crippen LogP contribution >= 0.6 is 0 Å². The molecule has 0 amide bonds. The highest BCUT2D eigenvalue weighted by molar-refractivity contribution is 6.74. The number of rotatable bonds is 8. The summed E-state index contributed by atoms with van der Waals surface area (Å²) in [6.07, 6.45) is 5.96. The molecule has 10 aliphatic rings. The van der Waals surface area contributed by atoms with Crippen LogP contribution in [0.2, 0.25) is 36.3 Å². The second-order valence-electron chi connectivity index (χ2n) is 25.1. The van der Waals surface area contributed by atoms with Crippen molar-refractivity contribution in [1.29, 1.82) is 0 Å². The van der Waals surface area contributed by atoms with Gasteiger partial charge >= 0.3 is 0 Å². The van der Waals surface area contributed by atoms with Crippen LogP contribution in [0.3, 0.4) is 0 Å². The summed E-state index contributed by atoms with van der Waals surface area (Å²) in [5, 5.41) is 0.0634. The highest BCUT2D eigenvalue weighted by Crippen LogP contribution is 2.55. The monoisotopic (exact) mass is 959 g/mol. The lowest BCUT2D eigenvalue weighted by atomic mass is 9.81. The van der Waals surface area contributed by atoms with Gasteiger partial charge in [-0.15, -0.1) is 0 Å². The van der Waals surface area contributed by atoms with Gasteiger partial charge in [-0.1, -0.05) is 61.6 Å². The van der Waals surface area contributed by atoms with Crippen LogP contribution in [0.5, 0.6) is 0 Å². The molecule has 0 saturated carbocycles. The lowest BCUT2D eigenvalue weighted by Gasteiger charge is -2.47. The fourth-order valence-corrected chi connectivity index (χ4v) is 14.8. The zero-order valence-electron chi connectivity index (χ0n) is 42.6. The molecule has 10 rings (SSSR count). The van der Waals surface area contributed by atoms with Crippen LogP contribution in [0.15, 0.2) is 24.3 Å². The molecule has 10 aliphatic heterocycles. The maximum atomic E-state index is 14.6. The Morgan fingerprint density at radius 2 is 1.36 bits per heavy atom. The van der Waals surface area contributed by atoms with Crippen molar-refractivity contribution < 1.29 is 56.3 Å². The van der Waals surface area contributed by atoms with Gasteiger partial charge in [0.1, 0.15) is 36.3 Å². The van der Waals surface area contributed by atoms with Crippen LogP contribution < -0.4 is 0 Å². The first-order valence-corrected chi connectivity index (χ1v) is 31.8. The Hall–Kier alpha value is -0.856. The molecule has 12 bridgehead atoms. The minimum absolute atomic E-state index is 0.00884. The second-order valence-corrected chi connectivity index (χ2v) is 34.7. The Labute approximate surface area is 398 Å². The first kappa shape index (κ1) is 50.1. The van der Waals surface area contributed by atoms with Gasteiger partial charge in [-0.25, -0.2) is 0 Å². The van der Waals surface area contributed by atoms with E-state index in [-0.39, 0.29) is 125 Å². The van der Waals surface area contributed by atoms with E-state index >= 15 is 0 Å². The summed E-state index contributed by atoms with van der Waals surface area (Å²) in [5.41, 5.74) is 2.25. The largest absolute Gasteiger partial charge is 0.414 e. The van der Waals surface area contributed by atoms with E-state index < -0.39 is 22.4 Å². The predicted octanol–water partition coefficient (Wildman–Crippen LogP) is 9.53. The molecule has 0 aromatic rings. The van der Waals surface area contributed by atoms with E-state index in [1.165, 1.54) is 0 Å². The van der Waals surface area contributed by atoms with E-state index in [9.17, 15) is 4.79 Å². The van der Waals surface area contributed by atoms with Gasteiger partial charge in [0, 0.05) is 51.6 Å². The van der Waals surface area contributed by atoms with Crippen LogP contribution in [0.25, 0.3) is 0 Å². The van der Waals surface area contributed by atoms with Crippen molar-refractivity contribution in [2.75, 3.05) is 13.7 Å². The molecule has 374 valence electrons. The van der Waals surface area contributed by atoms with Crippen molar-refractivity contribution in [3.05, 3.63) is 24.3 Å². The average Bonchev–Trinajstić information content (AvgIpc) is 3.90. The summed E-state index contributed by atoms with van der Waals surface area (Å²) in [4.78, 5) is 14.6. The standard InChI is InChI=1S/C52H86O12Si2/c1-29-21-33-15-17-38-30(2)22-35(56-38)19-20-52-27-43-46(62-52)47-48(61-43)49(63-52)45-39(60-47)18-16-34(58-45)23-32(53)24-37-41(26-40(57-33)31(29)3)59-42(44(37)54-10)25-36(64-66(13,14)51(7,8)9)28-55-65(11,12)50(4,5)6/h29,33-49H,2-3,15-28H2,1,4-14H3/t29-,33+,34-,35+,36+,37?,38?,39+,40?,41+,42?,43?,44-,45+,46+,47+,48-,49+,52+/m1/s1. The second kappa shape index (κ2) is 18.6. The Morgan fingerprint density at radius 1 is 0.697 bits per heavy atom. The maximum Gasteiger partial charge on any atom is 0.192 e. The zero-order valence-corrected chi connectivity index (χ0v) is 44.6. The van der Waals surface area contributed by atoms with Crippen molar-refractivity contribution in [2.24, 2.45) is 11.8 Å². The number of hydrogen-bond acceptors (Lipinski definition) is 12. The molecule has 0 aliphatic carbocycles. The van der Waals surface area contributed by atoms with Crippen LogP contribution in [0.1, 0.15) is 132 Å². The summed E-state index contributed by atoms with van der Waals surface area (Å²) in [5.74, 6) is -0.554. The molecular formula is C52H86O12Si2. The molecule has 10 saturated heterocycles. The topological polar surface area (TPSA) is 119 Å². The summed E-state index contributed by atoms with van der Waals surface area (Å²) in [7, 11) is -2.55. The number of hydrogen-bond donors (Lipinski definition) is 0. The fraction of sp³-hybridized carbons (Fsp3) is 0.904. The van der Waals surface area contributed by atoms with Crippen molar-refractivity contribution in [3.63, 3.8) is 0 Å². The lowest BCUT2D eigenvalue weighted by molar-refractivity contribution is -0.292. The van der Waals surface area contributed by atoms with E-state index in [1.807, 2.05) is 0 Å². The summed E-state index contributed by atoms with van der Waals surface area (Å²) in [6, 6.07) is 0. The maximum absolute atomic E-state index is 14.6. The minimum Gasteiger partial charge on any atom is -0.414 e. The van der Waals surface area contributed by atoms with Gasteiger partial charge in [0.2, 0.25) is 0 Å². The van der Waals surface area contributed by atoms with Crippen molar-refractivity contribution in [3.8, 4) is 0 Å². The van der Waals surface area contributed by atoms with Gasteiger partial charge in [0.05, 0.1) is 73.8 Å². The third-order valence-corrected chi connectivity index (χ3v) is 27.4. The molecule has 0 radical (unpaired) electrons. The Balaban J connectivity index is 0.993. The number of ketones is 1. The first-order chi connectivity index (χ1) is 30.9. The Morgan fingerprint density at radius 3 is 2.09 bits per heavy atom. The molecule has 5 unspecified atom stereocenters. The highest BCUT2D eigenvalue weighted by atomic mass is 28.4. The van der Waals surface area contributed by atoms with E-state index in [1.54, 1.807) is 7.11 Å². The third-order valence-electron chi connectivity index (χ3n) is 18.4. The molecule has 10 fully saturated rings. The van der Waals surface area contributed by atoms with Crippen LogP contribution in [0, 0.1) is 11.8 Å². The molecule has 19 atom stereocenters. The Kier molecular flexibility index (Phi) is 14.1. The molecular weight excluding hydrogens is 873 g/mol. The van der Waals surface area contributed by atoms with E-state index in [0.29, 0.717) is 45.1 Å². The van der Waals surface area contributed by atoms with Gasteiger partial charge in [0.25, 0.3) is 0 Å². The number of carbonyl (C=O) groups is 1. The smallest absolute Gasteiger partial charge is 0.192 e. The molecule has 1 spiro atoms. The van der Waals surface area contributed by atoms with Crippen LogP contribution in [0.4, 0.5) is 0 Å². The molecule has 10 heterocycles. The molecule has 14 heteroatoms. The number of Topliss-reactive ketones (excluding diaryl/α,β-unsaturated/α-hetero) is 1. The molecule has 12 nitrogen and oxygen atoms in total. The van der Waals surface area contributed by atoms with Crippen molar-refractivity contribution in [2.45, 2.75) is 272 Å². The predicted molar refractivity (Wildman–Crippen MR) is 256 cm³/mol.